The van der Waals surface area contributed by atoms with Crippen LogP contribution in [0.4, 0.5) is 0 Å². The van der Waals surface area contributed by atoms with Gasteiger partial charge in [0, 0.05) is 32.1 Å². The Morgan fingerprint density at radius 1 is 1.05 bits per heavy atom. The van der Waals surface area contributed by atoms with Crippen LogP contribution in [0.15, 0.2) is 4.99 Å². The van der Waals surface area contributed by atoms with Crippen LogP contribution in [0.3, 0.4) is 0 Å². The summed E-state index contributed by atoms with van der Waals surface area (Å²) >= 11 is 0. The fourth-order valence-electron chi connectivity index (χ4n) is 6.72. The molecule has 4 aliphatic rings. The zero-order chi connectivity index (χ0) is 28.7. The van der Waals surface area contributed by atoms with E-state index in [4.69, 9.17) is 9.73 Å². The molecule has 3 fully saturated rings. The normalized spacial score (nSPS) is 29.9. The highest BCUT2D eigenvalue weighted by molar-refractivity contribution is 7.89. The second kappa shape index (κ2) is 14.2. The summed E-state index contributed by atoms with van der Waals surface area (Å²) in [6.45, 7) is 5.59. The number of rotatable bonds is 11. The van der Waals surface area contributed by atoms with E-state index in [-0.39, 0.29) is 42.8 Å². The van der Waals surface area contributed by atoms with E-state index in [1.165, 1.54) is 0 Å². The highest BCUT2D eigenvalue weighted by Crippen LogP contribution is 2.32. The van der Waals surface area contributed by atoms with Crippen molar-refractivity contribution >= 4 is 33.5 Å². The molecule has 1 N–H and O–H groups in total. The van der Waals surface area contributed by atoms with Gasteiger partial charge in [0.05, 0.1) is 23.8 Å². The number of carbonyl (C=O) groups is 3. The standard InChI is InChI=1S/C29H48N4O6S/c1-3-4-18-33-26-11-7-6-10-23(26)30-24(29(33)36)14-15-28(35)39-20-27(34)31-25-19-22(13-12-21(25)2)40(37,38)32-16-8-5-9-17-32/h21-23,25-26H,3-20H2,1-2H3,(H,31,34). The largest absolute Gasteiger partial charge is 0.456 e. The molecule has 40 heavy (non-hydrogen) atoms. The third-order valence-corrected chi connectivity index (χ3v) is 11.6. The molecule has 11 heteroatoms. The van der Waals surface area contributed by atoms with Crippen LogP contribution in [-0.4, -0.2) is 90.7 Å². The van der Waals surface area contributed by atoms with Crippen LogP contribution >= 0.6 is 0 Å². The van der Waals surface area contributed by atoms with Crippen LogP contribution < -0.4 is 5.32 Å². The SMILES string of the molecule is CCCCN1C(=O)C(CCC(=O)OCC(=O)NC2CC(S(=O)(=O)N3CCCCC3)CCC2C)=NC2CCCCC21. The minimum atomic E-state index is -3.39. The zero-order valence-electron chi connectivity index (χ0n) is 24.3. The summed E-state index contributed by atoms with van der Waals surface area (Å²) in [7, 11) is -3.39. The number of hydrogen-bond acceptors (Lipinski definition) is 7. The number of nitrogens with zero attached hydrogens (tertiary/aromatic N) is 3. The Bertz CT molecular complexity index is 1040. The van der Waals surface area contributed by atoms with Gasteiger partial charge in [-0.3, -0.25) is 19.4 Å². The van der Waals surface area contributed by atoms with Crippen LogP contribution in [0.2, 0.25) is 0 Å². The maximum absolute atomic E-state index is 13.2. The topological polar surface area (TPSA) is 125 Å². The monoisotopic (exact) mass is 580 g/mol. The number of unbranched alkanes of at least 4 members (excludes halogenated alkanes) is 1. The first-order valence-electron chi connectivity index (χ1n) is 15.5. The van der Waals surface area contributed by atoms with Crippen molar-refractivity contribution in [2.24, 2.45) is 10.9 Å². The average Bonchev–Trinajstić information content (AvgIpc) is 2.96. The zero-order valence-corrected chi connectivity index (χ0v) is 25.1. The van der Waals surface area contributed by atoms with Crippen molar-refractivity contribution < 1.29 is 27.5 Å². The number of aliphatic imine (C=N–C) groups is 1. The Balaban J connectivity index is 1.24. The number of nitrogens with one attached hydrogen (secondary N) is 1. The second-order valence-electron chi connectivity index (χ2n) is 12.1. The molecule has 2 heterocycles. The number of hydrogen-bond donors (Lipinski definition) is 1. The van der Waals surface area contributed by atoms with E-state index in [2.05, 4.69) is 12.2 Å². The summed E-state index contributed by atoms with van der Waals surface area (Å²) in [6.07, 6.45) is 10.9. The van der Waals surface area contributed by atoms with E-state index in [0.29, 0.717) is 31.6 Å². The molecule has 226 valence electrons. The van der Waals surface area contributed by atoms with E-state index in [9.17, 15) is 22.8 Å². The number of sulfonamides is 1. The summed E-state index contributed by atoms with van der Waals surface area (Å²) in [6, 6.07) is 0.000214. The molecule has 2 aliphatic heterocycles. The molecule has 2 amide bonds. The Labute approximate surface area is 239 Å². The molecule has 2 saturated carbocycles. The fourth-order valence-corrected chi connectivity index (χ4v) is 8.79. The van der Waals surface area contributed by atoms with Gasteiger partial charge in [0.1, 0.15) is 5.71 Å². The molecule has 0 bridgehead atoms. The summed E-state index contributed by atoms with van der Waals surface area (Å²) in [5, 5.41) is 2.42. The van der Waals surface area contributed by atoms with Crippen molar-refractivity contribution in [3.05, 3.63) is 0 Å². The van der Waals surface area contributed by atoms with E-state index >= 15 is 0 Å². The van der Waals surface area contributed by atoms with Crippen molar-refractivity contribution in [2.45, 2.75) is 127 Å². The van der Waals surface area contributed by atoms with E-state index in [0.717, 1.165) is 70.8 Å². The minimum absolute atomic E-state index is 0.00710. The van der Waals surface area contributed by atoms with Gasteiger partial charge in [0.15, 0.2) is 6.61 Å². The van der Waals surface area contributed by atoms with E-state index < -0.39 is 33.8 Å². The van der Waals surface area contributed by atoms with E-state index in [1.807, 2.05) is 11.8 Å². The predicted molar refractivity (Wildman–Crippen MR) is 153 cm³/mol. The fraction of sp³-hybridized carbons (Fsp3) is 0.862. The summed E-state index contributed by atoms with van der Waals surface area (Å²) in [5.41, 5.74) is 0.442. The molecular weight excluding hydrogens is 532 g/mol. The molecule has 1 saturated heterocycles. The number of fused-ring (bicyclic) bond motifs is 1. The van der Waals surface area contributed by atoms with Gasteiger partial charge in [0.25, 0.3) is 11.8 Å². The van der Waals surface area contributed by atoms with Crippen LogP contribution in [0.1, 0.15) is 104 Å². The molecule has 0 aromatic heterocycles. The lowest BCUT2D eigenvalue weighted by molar-refractivity contribution is -0.148. The lowest BCUT2D eigenvalue weighted by atomic mass is 9.85. The summed E-state index contributed by atoms with van der Waals surface area (Å²) < 4.78 is 33.2. The lowest BCUT2D eigenvalue weighted by Gasteiger charge is -2.42. The molecule has 0 aromatic rings. The van der Waals surface area contributed by atoms with Crippen molar-refractivity contribution in [3.8, 4) is 0 Å². The van der Waals surface area contributed by atoms with Crippen LogP contribution in [0.25, 0.3) is 0 Å². The van der Waals surface area contributed by atoms with Gasteiger partial charge in [0.2, 0.25) is 10.0 Å². The van der Waals surface area contributed by atoms with Gasteiger partial charge < -0.3 is 15.0 Å². The minimum Gasteiger partial charge on any atom is -0.456 e. The van der Waals surface area contributed by atoms with E-state index in [1.54, 1.807) is 4.31 Å². The van der Waals surface area contributed by atoms with Crippen molar-refractivity contribution in [2.75, 3.05) is 26.2 Å². The Morgan fingerprint density at radius 3 is 2.55 bits per heavy atom. The van der Waals surface area contributed by atoms with Crippen molar-refractivity contribution in [1.82, 2.24) is 14.5 Å². The third kappa shape index (κ3) is 7.63. The molecule has 0 radical (unpaired) electrons. The first-order valence-corrected chi connectivity index (χ1v) is 17.0. The Kier molecular flexibility index (Phi) is 11.0. The molecule has 10 nitrogen and oxygen atoms in total. The maximum atomic E-state index is 13.2. The Hall–Kier alpha value is -2.01. The highest BCUT2D eigenvalue weighted by atomic mass is 32.2. The number of carbonyl (C=O) groups excluding carboxylic acids is 3. The summed E-state index contributed by atoms with van der Waals surface area (Å²) in [4.78, 5) is 45.0. The van der Waals surface area contributed by atoms with Gasteiger partial charge in [-0.05, 0) is 57.3 Å². The number of esters is 1. The molecular formula is C29H48N4O6S. The van der Waals surface area contributed by atoms with Gasteiger partial charge in [-0.15, -0.1) is 0 Å². The molecule has 0 spiro atoms. The van der Waals surface area contributed by atoms with Gasteiger partial charge in [-0.25, -0.2) is 12.7 Å². The van der Waals surface area contributed by atoms with Gasteiger partial charge in [-0.1, -0.05) is 39.5 Å². The second-order valence-corrected chi connectivity index (χ2v) is 14.3. The molecule has 5 unspecified atom stereocenters. The first kappa shape index (κ1) is 30.9. The lowest BCUT2D eigenvalue weighted by Crippen LogP contribution is -2.54. The number of amides is 2. The van der Waals surface area contributed by atoms with Gasteiger partial charge in [-0.2, -0.15) is 0 Å². The predicted octanol–water partition coefficient (Wildman–Crippen LogP) is 3.19. The molecule has 5 atom stereocenters. The maximum Gasteiger partial charge on any atom is 0.306 e. The van der Waals surface area contributed by atoms with Crippen LogP contribution in [-0.2, 0) is 29.1 Å². The quantitative estimate of drug-likeness (QED) is 0.374. The Morgan fingerprint density at radius 2 is 1.80 bits per heavy atom. The van der Waals surface area contributed by atoms with Crippen molar-refractivity contribution in [3.63, 3.8) is 0 Å². The first-order chi connectivity index (χ1) is 19.2. The summed E-state index contributed by atoms with van der Waals surface area (Å²) in [5.74, 6) is -0.897. The van der Waals surface area contributed by atoms with Crippen LogP contribution in [0.5, 0.6) is 0 Å². The average molecular weight is 581 g/mol. The molecule has 2 aliphatic carbocycles. The smallest absolute Gasteiger partial charge is 0.306 e. The number of ether oxygens (including phenoxy) is 1. The third-order valence-electron chi connectivity index (χ3n) is 9.20. The highest BCUT2D eigenvalue weighted by Gasteiger charge is 2.40. The number of piperidine rings is 1. The van der Waals surface area contributed by atoms with Gasteiger partial charge >= 0.3 is 5.97 Å². The van der Waals surface area contributed by atoms with Crippen molar-refractivity contribution in [1.29, 1.82) is 0 Å². The molecule has 0 aromatic carbocycles. The molecule has 4 rings (SSSR count). The van der Waals surface area contributed by atoms with Crippen LogP contribution in [0, 0.1) is 5.92 Å².